The molecule has 0 saturated heterocycles. The van der Waals surface area contributed by atoms with Crippen LogP contribution in [0, 0.1) is 0 Å². The molecule has 0 aliphatic carbocycles. The number of carbonyl (C=O) groups excluding carboxylic acids is 10. The van der Waals surface area contributed by atoms with Crippen LogP contribution in [-0.2, 0) is 29.0 Å². The highest BCUT2D eigenvalue weighted by atomic mass is 32.2. The van der Waals surface area contributed by atoms with Crippen molar-refractivity contribution >= 4 is 146 Å². The lowest BCUT2D eigenvalue weighted by atomic mass is 10.0. The number of benzene rings is 14. The minimum Gasteiger partial charge on any atom is -0.318 e. The van der Waals surface area contributed by atoms with Gasteiger partial charge in [0.25, 0.3) is 0 Å². The van der Waals surface area contributed by atoms with Crippen LogP contribution in [0.25, 0.3) is 0 Å². The molecule has 738 valence electrons. The van der Waals surface area contributed by atoms with Gasteiger partial charge >= 0.3 is 29.8 Å². The molecule has 0 spiro atoms. The second kappa shape index (κ2) is 63.7. The van der Waals surface area contributed by atoms with Crippen LogP contribution in [0.3, 0.4) is 0 Å². The summed E-state index contributed by atoms with van der Waals surface area (Å²) in [6.45, 7) is 9.20. The third-order valence-corrected chi connectivity index (χ3v) is 26.0. The number of nitrogens with zero attached hydrogens (tertiary/aromatic N) is 5. The quantitative estimate of drug-likeness (QED) is 0.00856. The van der Waals surface area contributed by atoms with Crippen LogP contribution in [0.5, 0.6) is 0 Å². The summed E-state index contributed by atoms with van der Waals surface area (Å²) in [7, 11) is 0. The van der Waals surface area contributed by atoms with Gasteiger partial charge in [-0.25, -0.2) is 24.0 Å². The van der Waals surface area contributed by atoms with Crippen molar-refractivity contribution in [3.8, 4) is 0 Å². The number of hydrogen-bond donors (Lipinski definition) is 0. The summed E-state index contributed by atoms with van der Waals surface area (Å²) in [5.74, 6) is -4.09. The Bertz CT molecular complexity index is 6600. The lowest BCUT2D eigenvalue weighted by Crippen LogP contribution is -2.17. The lowest BCUT2D eigenvalue weighted by molar-refractivity contribution is -0.140. The number of hydrogen-bond acceptors (Lipinski definition) is 25. The minimum atomic E-state index is -0.624. The van der Waals surface area contributed by atoms with E-state index in [4.69, 9.17) is 24.2 Å². The summed E-state index contributed by atoms with van der Waals surface area (Å²) in [4.78, 5) is 159. The van der Waals surface area contributed by atoms with E-state index in [0.717, 1.165) is 121 Å². The third-order valence-electron chi connectivity index (χ3n) is 21.2. The van der Waals surface area contributed by atoms with Gasteiger partial charge in [-0.05, 0) is 270 Å². The third kappa shape index (κ3) is 40.0. The molecule has 0 unspecified atom stereocenters. The summed E-state index contributed by atoms with van der Waals surface area (Å²) in [6, 6.07) is 120. The smallest absolute Gasteiger partial charge is 0.318 e. The molecule has 20 nitrogen and oxygen atoms in total. The molecular formula is C120H113N5O15S5. The second-order valence-corrected chi connectivity index (χ2v) is 37.7. The molecule has 14 rings (SSSR count). The van der Waals surface area contributed by atoms with E-state index in [9.17, 15) is 47.9 Å². The van der Waals surface area contributed by atoms with E-state index in [1.54, 1.807) is 253 Å². The number of Topliss-reactive ketones (excluding diaryl/α,β-unsaturated/α-hetero) is 5. The Balaban J connectivity index is 0.000000186. The zero-order valence-electron chi connectivity index (χ0n) is 81.5. The minimum absolute atomic E-state index is 0.0679. The predicted molar refractivity (Wildman–Crippen MR) is 582 cm³/mol. The van der Waals surface area contributed by atoms with Crippen LogP contribution < -0.4 is 0 Å². The fraction of sp³-hybridized carbons (Fsp3) is 0.175. The molecule has 0 fully saturated rings. The molecule has 0 radical (unpaired) electrons. The molecule has 0 N–H and O–H groups in total. The van der Waals surface area contributed by atoms with Gasteiger partial charge in [-0.15, -0.1) is 11.8 Å². The van der Waals surface area contributed by atoms with Crippen molar-refractivity contribution in [2.24, 2.45) is 25.8 Å². The highest BCUT2D eigenvalue weighted by molar-refractivity contribution is 8.00. The Labute approximate surface area is 868 Å². The Kier molecular flexibility index (Phi) is 49.1. The molecule has 0 atom stereocenters. The number of rotatable bonds is 44. The van der Waals surface area contributed by atoms with Gasteiger partial charge in [0.2, 0.25) is 28.9 Å². The van der Waals surface area contributed by atoms with E-state index in [-0.39, 0.29) is 51.8 Å². The molecule has 0 aliphatic rings. The first-order valence-electron chi connectivity index (χ1n) is 47.6. The van der Waals surface area contributed by atoms with Gasteiger partial charge in [-0.1, -0.05) is 327 Å². The monoisotopic (exact) mass is 2020 g/mol. The average Bonchev–Trinajstić information content (AvgIpc) is 0.815. The van der Waals surface area contributed by atoms with E-state index in [1.807, 2.05) is 206 Å². The van der Waals surface area contributed by atoms with E-state index in [0.29, 0.717) is 80.6 Å². The van der Waals surface area contributed by atoms with E-state index < -0.39 is 29.8 Å². The van der Waals surface area contributed by atoms with Crippen molar-refractivity contribution in [1.29, 1.82) is 0 Å². The first kappa shape index (κ1) is 112. The average molecular weight is 2030 g/mol. The Morgan fingerprint density at radius 2 is 0.421 bits per heavy atom. The van der Waals surface area contributed by atoms with E-state index >= 15 is 0 Å². The van der Waals surface area contributed by atoms with Gasteiger partial charge in [-0.2, -0.15) is 0 Å². The van der Waals surface area contributed by atoms with Crippen molar-refractivity contribution in [2.75, 3.05) is 6.26 Å². The number of unbranched alkanes of at least 4 members (excludes halogenated alkanes) is 9. The first-order valence-corrected chi connectivity index (χ1v) is 52.1. The molecular weight excluding hydrogens is 1910 g/mol. The topological polar surface area (TPSA) is 279 Å². The second-order valence-electron chi connectivity index (χ2n) is 32.2. The Hall–Kier alpha value is -15.1. The molecule has 0 aromatic heterocycles. The van der Waals surface area contributed by atoms with Crippen LogP contribution in [-0.4, -0.2) is 93.6 Å². The van der Waals surface area contributed by atoms with E-state index in [1.165, 1.54) is 13.8 Å². The molecule has 145 heavy (non-hydrogen) atoms. The van der Waals surface area contributed by atoms with Crippen LogP contribution in [0.4, 0.5) is 0 Å². The fourth-order valence-electron chi connectivity index (χ4n) is 13.4. The molecule has 0 heterocycles. The van der Waals surface area contributed by atoms with Crippen LogP contribution in [0.15, 0.2) is 464 Å². The molecule has 25 heteroatoms. The van der Waals surface area contributed by atoms with E-state index in [2.05, 4.69) is 46.5 Å². The van der Waals surface area contributed by atoms with Crippen molar-refractivity contribution in [3.63, 3.8) is 0 Å². The Morgan fingerprint density at radius 3 is 0.676 bits per heavy atom. The van der Waals surface area contributed by atoms with Gasteiger partial charge in [0.05, 0.1) is 22.3 Å². The number of ketones is 5. The summed E-state index contributed by atoms with van der Waals surface area (Å²) < 4.78 is 0. The van der Waals surface area contributed by atoms with Crippen LogP contribution in [0.2, 0.25) is 0 Å². The van der Waals surface area contributed by atoms with Gasteiger partial charge in [-0.3, -0.25) is 24.0 Å². The maximum Gasteiger partial charge on any atom is 0.365 e. The first-order chi connectivity index (χ1) is 70.8. The van der Waals surface area contributed by atoms with Crippen molar-refractivity contribution in [1.82, 2.24) is 0 Å². The predicted octanol–water partition coefficient (Wildman–Crippen LogP) is 30.4. The molecule has 0 aliphatic heterocycles. The number of thioether (sulfide) groups is 1. The highest BCUT2D eigenvalue weighted by Gasteiger charge is 2.24. The number of carbonyl (C=O) groups is 10. The maximum atomic E-state index is 13.2. The molecule has 14 aromatic rings. The van der Waals surface area contributed by atoms with Gasteiger partial charge < -0.3 is 24.2 Å². The number of oxime groups is 5. The largest absolute Gasteiger partial charge is 0.365 e. The molecule has 0 bridgehead atoms. The molecule has 0 amide bonds. The highest BCUT2D eigenvalue weighted by Crippen LogP contribution is 2.33. The van der Waals surface area contributed by atoms with Gasteiger partial charge in [0.1, 0.15) is 22.8 Å². The lowest BCUT2D eigenvalue weighted by Gasteiger charge is -2.07. The van der Waals surface area contributed by atoms with Gasteiger partial charge in [0, 0.05) is 84.4 Å². The van der Waals surface area contributed by atoms with Crippen molar-refractivity contribution in [3.05, 3.63) is 450 Å². The van der Waals surface area contributed by atoms with Gasteiger partial charge in [0.15, 0.2) is 5.71 Å². The Morgan fingerprint density at radius 1 is 0.207 bits per heavy atom. The fourth-order valence-corrected chi connectivity index (χ4v) is 17.2. The summed E-state index contributed by atoms with van der Waals surface area (Å²) in [5.41, 5.74) is 5.74. The zero-order chi connectivity index (χ0) is 103. The summed E-state index contributed by atoms with van der Waals surface area (Å²) >= 11 is 8.12. The summed E-state index contributed by atoms with van der Waals surface area (Å²) in [6.07, 6.45) is 15.6. The van der Waals surface area contributed by atoms with Crippen LogP contribution >= 0.6 is 58.8 Å². The van der Waals surface area contributed by atoms with Crippen LogP contribution in [0.1, 0.15) is 230 Å². The zero-order valence-corrected chi connectivity index (χ0v) is 85.6. The normalized spacial score (nSPS) is 11.2. The standard InChI is InChI=1S/C27H19NO3S.C27H27NO3S.C22H17NO3S.2C22H25NO3S/c29-26(21-16-18-24(19-17-21)32-23-14-8-3-9-15-23)25(20-10-4-1-5-11-20)28-31-27(30)22-12-6-2-7-13-22;1-2-3-4-11-16-25(28-31-27(30)22-12-7-5-8-13-22)26(29)21-17-19-24(20-18-21)32-23-14-9-6-10-15-23;1-16(23-26-22(25)18-8-4-2-5-9-18)21(24)17-12-14-20(15-13-17)27-19-10-6-3-7-11-19;1-3-4-5-9-12-20(21(24)17-13-15-19(27-2)16-14-17)23-26-22(25)18-10-7-6-8-11-18;1-3-4-5-9-12-21(23-26-17(2)24)22(25)18-13-15-20(16-14-18)27-19-10-7-6-8-11-19/h1-19H;5-10,12-15,17-20H,2-4,11,16H2,1H3;2-15H,1H3;2*6-8,10-11,13-16H,3-5,9,12H2,1-2H3/b2*28-25+;23-16+;23-20+;23-21+. The van der Waals surface area contributed by atoms with Crippen molar-refractivity contribution < 1.29 is 72.1 Å². The molecule has 14 aromatic carbocycles. The SMILES string of the molecule is C/C(=N\OC(=O)c1ccccc1)C(=O)c1ccc(Sc2ccccc2)cc1.CCCCCC/C(=N\OC(=O)c1ccccc1)C(=O)c1ccc(SC)cc1.CCCCCC/C(=N\OC(=O)c1ccccc1)C(=O)c1ccc(Sc2ccccc2)cc1.CCCCCC/C(=N\OC(C)=O)C(=O)c1ccc(Sc2ccccc2)cc1.O=C(O/N=C(/C(=O)c1ccc(Sc2ccccc2)cc1)c1ccccc1)c1ccccc1. The summed E-state index contributed by atoms with van der Waals surface area (Å²) in [5, 5.41) is 19.3. The maximum absolute atomic E-state index is 13.2. The molecule has 0 saturated carbocycles. The van der Waals surface area contributed by atoms with Crippen molar-refractivity contribution in [2.45, 2.75) is 175 Å².